The van der Waals surface area contributed by atoms with Gasteiger partial charge in [0.25, 0.3) is 5.91 Å². The van der Waals surface area contributed by atoms with Crippen molar-refractivity contribution >= 4 is 12.0 Å². The largest absolute Gasteiger partial charge is 0.496 e. The average Bonchev–Trinajstić information content (AvgIpc) is 3.63. The molecule has 5 rings (SSSR count). The van der Waals surface area contributed by atoms with Gasteiger partial charge in [-0.1, -0.05) is 24.3 Å². The maximum atomic E-state index is 14.0. The average molecular weight is 513 g/mol. The highest BCUT2D eigenvalue weighted by molar-refractivity contribution is 5.98. The summed E-state index contributed by atoms with van der Waals surface area (Å²) in [5.41, 5.74) is 3.95. The minimum atomic E-state index is -0.605. The lowest BCUT2D eigenvalue weighted by molar-refractivity contribution is 0.0513. The third-order valence-electron chi connectivity index (χ3n) is 6.99. The molecule has 2 aliphatic carbocycles. The van der Waals surface area contributed by atoms with Crippen LogP contribution in [0.3, 0.4) is 0 Å². The Morgan fingerprint density at radius 2 is 1.87 bits per heavy atom. The van der Waals surface area contributed by atoms with E-state index in [0.717, 1.165) is 41.6 Å². The van der Waals surface area contributed by atoms with Crippen molar-refractivity contribution in [1.29, 1.82) is 5.26 Å². The highest BCUT2D eigenvalue weighted by atomic mass is 16.6. The second-order valence-corrected chi connectivity index (χ2v) is 10.9. The first-order valence-electron chi connectivity index (χ1n) is 13.0. The molecule has 0 radical (unpaired) electrons. The van der Waals surface area contributed by atoms with Crippen molar-refractivity contribution in [2.24, 2.45) is 0 Å². The second kappa shape index (κ2) is 9.97. The van der Waals surface area contributed by atoms with Gasteiger partial charge in [-0.15, -0.1) is 0 Å². The molecule has 38 heavy (non-hydrogen) atoms. The Kier molecular flexibility index (Phi) is 6.70. The molecule has 1 amide bonds. The van der Waals surface area contributed by atoms with Crippen molar-refractivity contribution in [2.45, 2.75) is 70.6 Å². The molecule has 1 unspecified atom stereocenters. The zero-order valence-electron chi connectivity index (χ0n) is 22.2. The fraction of sp³-hybridized carbons (Fsp3) is 0.400. The van der Waals surface area contributed by atoms with Crippen LogP contribution in [0.4, 0.5) is 4.79 Å². The Balaban J connectivity index is 1.40. The zero-order chi connectivity index (χ0) is 27.0. The quantitative estimate of drug-likeness (QED) is 0.456. The van der Waals surface area contributed by atoms with Gasteiger partial charge in [0.1, 0.15) is 11.4 Å². The number of aromatic nitrogens is 2. The van der Waals surface area contributed by atoms with E-state index in [9.17, 15) is 14.9 Å². The molecule has 1 fully saturated rings. The topological polar surface area (TPSA) is 97.5 Å². The first-order valence-corrected chi connectivity index (χ1v) is 13.0. The SMILES string of the molecule is COc1cc(-c2ccccc2C#N)ccc1C(=O)N(C1CC1)C1CCc2nn(C(=O)OC(C)(C)C)cc2C1. The molecule has 1 aromatic heterocycles. The van der Waals surface area contributed by atoms with Crippen molar-refractivity contribution in [3.05, 3.63) is 71.0 Å². The molecule has 1 atom stereocenters. The lowest BCUT2D eigenvalue weighted by Gasteiger charge is -2.34. The van der Waals surface area contributed by atoms with E-state index in [4.69, 9.17) is 9.47 Å². The number of hydrogen-bond acceptors (Lipinski definition) is 6. The first-order chi connectivity index (χ1) is 18.2. The van der Waals surface area contributed by atoms with Crippen LogP contribution < -0.4 is 4.74 Å². The molecule has 0 spiro atoms. The van der Waals surface area contributed by atoms with Crippen molar-refractivity contribution in [3.63, 3.8) is 0 Å². The second-order valence-electron chi connectivity index (χ2n) is 10.9. The smallest absolute Gasteiger partial charge is 0.435 e. The van der Waals surface area contributed by atoms with E-state index in [2.05, 4.69) is 11.2 Å². The number of fused-ring (bicyclic) bond motifs is 1. The summed E-state index contributed by atoms with van der Waals surface area (Å²) in [7, 11) is 1.56. The van der Waals surface area contributed by atoms with Crippen LogP contribution in [-0.2, 0) is 17.6 Å². The Bertz CT molecular complexity index is 1420. The standard InChI is InChI=1S/C30H32N4O4/c1-30(2,3)38-29(36)33-18-21-15-23(12-14-26(21)32-33)34(22-10-11-22)28(35)25-13-9-19(16-27(25)37-4)24-8-6-5-7-20(24)17-31/h5-9,13,16,18,22-23H,10-12,14-15H2,1-4H3. The monoisotopic (exact) mass is 512 g/mol. The van der Waals surface area contributed by atoms with Gasteiger partial charge in [0, 0.05) is 18.3 Å². The van der Waals surface area contributed by atoms with Gasteiger partial charge in [0.15, 0.2) is 0 Å². The maximum absolute atomic E-state index is 14.0. The molecule has 0 N–H and O–H groups in total. The van der Waals surface area contributed by atoms with Crippen LogP contribution in [-0.4, -0.2) is 51.5 Å². The Morgan fingerprint density at radius 1 is 1.11 bits per heavy atom. The molecule has 8 nitrogen and oxygen atoms in total. The molecule has 3 aromatic rings. The molecular formula is C30H32N4O4. The van der Waals surface area contributed by atoms with Crippen LogP contribution in [0.25, 0.3) is 11.1 Å². The van der Waals surface area contributed by atoms with Gasteiger partial charge in [0.2, 0.25) is 0 Å². The minimum Gasteiger partial charge on any atom is -0.496 e. The van der Waals surface area contributed by atoms with Crippen LogP contribution in [0.2, 0.25) is 0 Å². The minimum absolute atomic E-state index is 0.00230. The summed E-state index contributed by atoms with van der Waals surface area (Å²) in [6, 6.07) is 15.3. The van der Waals surface area contributed by atoms with Gasteiger partial charge in [-0.05, 0) is 87.8 Å². The normalized spacial score (nSPS) is 16.8. The number of carbonyl (C=O) groups excluding carboxylic acids is 2. The predicted molar refractivity (Wildman–Crippen MR) is 142 cm³/mol. The predicted octanol–water partition coefficient (Wildman–Crippen LogP) is 5.38. The van der Waals surface area contributed by atoms with Crippen molar-refractivity contribution in [1.82, 2.24) is 14.7 Å². The van der Waals surface area contributed by atoms with Gasteiger partial charge < -0.3 is 14.4 Å². The summed E-state index contributed by atoms with van der Waals surface area (Å²) >= 11 is 0. The van der Waals surface area contributed by atoms with Gasteiger partial charge in [-0.25, -0.2) is 4.79 Å². The van der Waals surface area contributed by atoms with E-state index in [-0.39, 0.29) is 18.0 Å². The number of nitrogens with zero attached hydrogens (tertiary/aromatic N) is 4. The molecule has 1 heterocycles. The summed E-state index contributed by atoms with van der Waals surface area (Å²) in [4.78, 5) is 28.5. The van der Waals surface area contributed by atoms with Crippen LogP contribution in [0.5, 0.6) is 5.75 Å². The number of methoxy groups -OCH3 is 1. The fourth-order valence-corrected chi connectivity index (χ4v) is 5.11. The van der Waals surface area contributed by atoms with Crippen molar-refractivity contribution in [2.75, 3.05) is 7.11 Å². The highest BCUT2D eigenvalue weighted by Crippen LogP contribution is 2.37. The summed E-state index contributed by atoms with van der Waals surface area (Å²) in [6.45, 7) is 5.48. The number of benzene rings is 2. The number of rotatable bonds is 5. The van der Waals surface area contributed by atoms with E-state index in [1.165, 1.54) is 4.68 Å². The van der Waals surface area contributed by atoms with Gasteiger partial charge >= 0.3 is 6.09 Å². The number of hydrogen-bond donors (Lipinski definition) is 0. The number of carbonyl (C=O) groups is 2. The van der Waals surface area contributed by atoms with E-state index in [1.807, 2.05) is 56.0 Å². The molecule has 0 aliphatic heterocycles. The summed E-state index contributed by atoms with van der Waals surface area (Å²) < 4.78 is 12.4. The van der Waals surface area contributed by atoms with Crippen molar-refractivity contribution < 1.29 is 19.1 Å². The maximum Gasteiger partial charge on any atom is 0.435 e. The molecule has 8 heteroatoms. The van der Waals surface area contributed by atoms with Crippen LogP contribution in [0.1, 0.15) is 67.2 Å². The van der Waals surface area contributed by atoms with E-state index >= 15 is 0 Å². The summed E-state index contributed by atoms with van der Waals surface area (Å²) in [5, 5.41) is 14.0. The van der Waals surface area contributed by atoms with Crippen molar-refractivity contribution in [3.8, 4) is 22.9 Å². The number of aryl methyl sites for hydroxylation is 1. The number of ether oxygens (including phenoxy) is 2. The Labute approximate surface area is 222 Å². The molecule has 2 aliphatic rings. The van der Waals surface area contributed by atoms with Gasteiger partial charge in [-0.2, -0.15) is 15.0 Å². The molecular weight excluding hydrogens is 480 g/mol. The molecule has 2 aromatic carbocycles. The molecule has 0 saturated heterocycles. The first kappa shape index (κ1) is 25.5. The number of amides is 1. The fourth-order valence-electron chi connectivity index (χ4n) is 5.11. The van der Waals surface area contributed by atoms with E-state index < -0.39 is 11.7 Å². The molecule has 1 saturated carbocycles. The lowest BCUT2D eigenvalue weighted by Crippen LogP contribution is -2.45. The third kappa shape index (κ3) is 5.14. The van der Waals surface area contributed by atoms with E-state index in [1.54, 1.807) is 25.4 Å². The number of nitriles is 1. The Hall–Kier alpha value is -4.12. The Morgan fingerprint density at radius 3 is 2.55 bits per heavy atom. The molecule has 0 bridgehead atoms. The van der Waals surface area contributed by atoms with Crippen LogP contribution in [0, 0.1) is 11.3 Å². The third-order valence-corrected chi connectivity index (χ3v) is 6.99. The van der Waals surface area contributed by atoms with Crippen LogP contribution in [0.15, 0.2) is 48.7 Å². The highest BCUT2D eigenvalue weighted by Gasteiger charge is 2.40. The van der Waals surface area contributed by atoms with Gasteiger partial charge in [-0.3, -0.25) is 4.79 Å². The lowest BCUT2D eigenvalue weighted by atomic mass is 9.91. The summed E-state index contributed by atoms with van der Waals surface area (Å²) in [6.07, 6.45) is 5.29. The summed E-state index contributed by atoms with van der Waals surface area (Å²) in [5.74, 6) is 0.428. The molecule has 196 valence electrons. The van der Waals surface area contributed by atoms with E-state index in [0.29, 0.717) is 29.7 Å². The van der Waals surface area contributed by atoms with Gasteiger partial charge in [0.05, 0.1) is 30.0 Å². The zero-order valence-corrected chi connectivity index (χ0v) is 22.2. The van der Waals surface area contributed by atoms with Crippen LogP contribution >= 0.6 is 0 Å².